The molecule has 0 aliphatic heterocycles. The Morgan fingerprint density at radius 2 is 1.92 bits per heavy atom. The second kappa shape index (κ2) is 8.14. The van der Waals surface area contributed by atoms with Gasteiger partial charge in [-0.1, -0.05) is 30.3 Å². The minimum Gasteiger partial charge on any atom is -0.350 e. The average molecular weight is 370 g/mol. The zero-order chi connectivity index (χ0) is 18.5. The van der Waals surface area contributed by atoms with Crippen molar-refractivity contribution in [2.75, 3.05) is 18.0 Å². The zero-order valence-electron chi connectivity index (χ0n) is 14.9. The number of carbonyl (C=O) groups excluding carboxylic acids is 1. The summed E-state index contributed by atoms with van der Waals surface area (Å²) in [5.41, 5.74) is 1.54. The number of nitrogens with zero attached hydrogens (tertiary/aromatic N) is 3. The van der Waals surface area contributed by atoms with Gasteiger partial charge in [0.2, 0.25) is 11.9 Å². The first-order valence-corrected chi connectivity index (χ1v) is 9.55. The molecule has 26 heavy (non-hydrogen) atoms. The molecule has 0 aliphatic rings. The first-order valence-electron chi connectivity index (χ1n) is 8.67. The minimum absolute atomic E-state index is 0.0433. The van der Waals surface area contributed by atoms with Crippen molar-refractivity contribution < 1.29 is 4.79 Å². The van der Waals surface area contributed by atoms with Crippen molar-refractivity contribution in [1.82, 2.24) is 14.9 Å². The van der Waals surface area contributed by atoms with E-state index in [9.17, 15) is 9.59 Å². The summed E-state index contributed by atoms with van der Waals surface area (Å²) in [4.78, 5) is 32.0. The highest BCUT2D eigenvalue weighted by Crippen LogP contribution is 2.19. The molecule has 2 heterocycles. The lowest BCUT2D eigenvalue weighted by Gasteiger charge is -2.23. The molecule has 7 heteroatoms. The van der Waals surface area contributed by atoms with E-state index >= 15 is 0 Å². The van der Waals surface area contributed by atoms with E-state index in [4.69, 9.17) is 0 Å². The van der Waals surface area contributed by atoms with E-state index in [0.717, 1.165) is 5.56 Å². The highest BCUT2D eigenvalue weighted by molar-refractivity contribution is 7.17. The molecule has 0 bridgehead atoms. The fraction of sp³-hybridized carbons (Fsp3) is 0.316. The summed E-state index contributed by atoms with van der Waals surface area (Å²) >= 11 is 1.35. The predicted octanol–water partition coefficient (Wildman–Crippen LogP) is 2.62. The van der Waals surface area contributed by atoms with Crippen molar-refractivity contribution in [3.8, 4) is 0 Å². The molecule has 0 saturated heterocycles. The molecule has 0 spiro atoms. The molecule has 2 aromatic heterocycles. The topological polar surface area (TPSA) is 67.2 Å². The van der Waals surface area contributed by atoms with Crippen molar-refractivity contribution in [2.24, 2.45) is 0 Å². The van der Waals surface area contributed by atoms with Gasteiger partial charge in [-0.05, 0) is 30.9 Å². The molecule has 1 amide bonds. The Kier molecular flexibility index (Phi) is 5.68. The van der Waals surface area contributed by atoms with Gasteiger partial charge in [0.15, 0.2) is 0 Å². The van der Waals surface area contributed by atoms with Crippen molar-refractivity contribution in [2.45, 2.75) is 26.9 Å². The number of benzene rings is 1. The molecule has 0 aliphatic carbocycles. The Morgan fingerprint density at radius 3 is 2.62 bits per heavy atom. The maximum Gasteiger partial charge on any atom is 0.273 e. The minimum atomic E-state index is -0.206. The summed E-state index contributed by atoms with van der Waals surface area (Å²) in [5, 5.41) is 4.73. The molecule has 0 radical (unpaired) electrons. The van der Waals surface area contributed by atoms with Crippen molar-refractivity contribution in [3.05, 3.63) is 57.7 Å². The van der Waals surface area contributed by atoms with Gasteiger partial charge in [0.1, 0.15) is 11.2 Å². The molecule has 3 aromatic rings. The van der Waals surface area contributed by atoms with Crippen LogP contribution in [0.2, 0.25) is 0 Å². The normalized spacial score (nSPS) is 10.8. The summed E-state index contributed by atoms with van der Waals surface area (Å²) in [6, 6.07) is 11.5. The van der Waals surface area contributed by atoms with E-state index in [2.05, 4.69) is 10.3 Å². The lowest BCUT2D eigenvalue weighted by Crippen LogP contribution is -2.37. The molecule has 0 saturated carbocycles. The Bertz CT molecular complexity index is 945. The first-order chi connectivity index (χ1) is 12.6. The van der Waals surface area contributed by atoms with Gasteiger partial charge in [0.25, 0.3) is 5.56 Å². The fourth-order valence-electron chi connectivity index (χ4n) is 2.82. The van der Waals surface area contributed by atoms with E-state index in [-0.39, 0.29) is 18.0 Å². The molecule has 3 rings (SSSR count). The number of aromatic nitrogens is 2. The van der Waals surface area contributed by atoms with Crippen LogP contribution < -0.4 is 15.8 Å². The number of anilines is 1. The smallest absolute Gasteiger partial charge is 0.273 e. The third-order valence-electron chi connectivity index (χ3n) is 4.23. The van der Waals surface area contributed by atoms with Crippen LogP contribution in [0.4, 0.5) is 5.95 Å². The molecular formula is C19H22N4O2S. The number of nitrogens with one attached hydrogen (secondary N) is 1. The Morgan fingerprint density at radius 1 is 1.19 bits per heavy atom. The quantitative estimate of drug-likeness (QED) is 0.694. The molecule has 1 N–H and O–H groups in total. The van der Waals surface area contributed by atoms with Crippen LogP contribution >= 0.6 is 11.3 Å². The summed E-state index contributed by atoms with van der Waals surface area (Å²) in [5.74, 6) is 0.336. The van der Waals surface area contributed by atoms with Gasteiger partial charge in [0.05, 0.1) is 5.52 Å². The van der Waals surface area contributed by atoms with Gasteiger partial charge in [-0.2, -0.15) is 0 Å². The maximum atomic E-state index is 12.9. The standard InChI is InChI=1S/C19H22N4O2S/c1-3-22(4-2)19-21-15-10-11-26-17(15)18(25)23(19)13-16(24)20-12-14-8-6-5-7-9-14/h5-11H,3-4,12-13H2,1-2H3,(H,20,24). The van der Waals surface area contributed by atoms with Crippen LogP contribution in [-0.4, -0.2) is 28.5 Å². The van der Waals surface area contributed by atoms with Gasteiger partial charge >= 0.3 is 0 Å². The Labute approximate surface area is 156 Å². The lowest BCUT2D eigenvalue weighted by atomic mass is 10.2. The molecule has 0 atom stereocenters. The highest BCUT2D eigenvalue weighted by atomic mass is 32.1. The van der Waals surface area contributed by atoms with E-state index in [1.165, 1.54) is 15.9 Å². The number of fused-ring (bicyclic) bond motifs is 1. The van der Waals surface area contributed by atoms with Gasteiger partial charge in [-0.3, -0.25) is 14.2 Å². The molecule has 0 unspecified atom stereocenters. The van der Waals surface area contributed by atoms with Crippen molar-refractivity contribution in [3.63, 3.8) is 0 Å². The van der Waals surface area contributed by atoms with Gasteiger partial charge in [-0.25, -0.2) is 4.98 Å². The number of hydrogen-bond donors (Lipinski definition) is 1. The number of hydrogen-bond acceptors (Lipinski definition) is 5. The molecular weight excluding hydrogens is 348 g/mol. The number of thiophene rings is 1. The predicted molar refractivity (Wildman–Crippen MR) is 106 cm³/mol. The Hall–Kier alpha value is -2.67. The number of rotatable bonds is 7. The van der Waals surface area contributed by atoms with Crippen LogP contribution in [0.15, 0.2) is 46.6 Å². The third-order valence-corrected chi connectivity index (χ3v) is 5.12. The summed E-state index contributed by atoms with van der Waals surface area (Å²) in [6.45, 7) is 5.83. The van der Waals surface area contributed by atoms with Crippen LogP contribution in [0.25, 0.3) is 10.2 Å². The fourth-order valence-corrected chi connectivity index (χ4v) is 3.60. The molecule has 0 fully saturated rings. The van der Waals surface area contributed by atoms with Crippen LogP contribution in [0.3, 0.4) is 0 Å². The van der Waals surface area contributed by atoms with Crippen LogP contribution in [0.1, 0.15) is 19.4 Å². The second-order valence-electron chi connectivity index (χ2n) is 5.87. The summed E-state index contributed by atoms with van der Waals surface area (Å²) in [6.07, 6.45) is 0. The van der Waals surface area contributed by atoms with Crippen LogP contribution in [0, 0.1) is 0 Å². The van der Waals surface area contributed by atoms with E-state index in [0.29, 0.717) is 35.8 Å². The van der Waals surface area contributed by atoms with E-state index in [1.54, 1.807) is 0 Å². The summed E-state index contributed by atoms with van der Waals surface area (Å²) in [7, 11) is 0. The van der Waals surface area contributed by atoms with Gasteiger partial charge in [-0.15, -0.1) is 11.3 Å². The number of carbonyl (C=O) groups is 1. The molecule has 1 aromatic carbocycles. The Balaban J connectivity index is 1.87. The van der Waals surface area contributed by atoms with E-state index in [1.807, 2.05) is 60.5 Å². The van der Waals surface area contributed by atoms with Crippen LogP contribution in [-0.2, 0) is 17.9 Å². The SMILES string of the molecule is CCN(CC)c1nc2ccsc2c(=O)n1CC(=O)NCc1ccccc1. The maximum absolute atomic E-state index is 12.9. The monoisotopic (exact) mass is 370 g/mol. The second-order valence-corrected chi connectivity index (χ2v) is 6.79. The largest absolute Gasteiger partial charge is 0.350 e. The molecule has 136 valence electrons. The van der Waals surface area contributed by atoms with Crippen molar-refractivity contribution in [1.29, 1.82) is 0 Å². The third kappa shape index (κ3) is 3.77. The summed E-state index contributed by atoms with van der Waals surface area (Å²) < 4.78 is 2.06. The number of amides is 1. The first kappa shape index (κ1) is 18.1. The molecule has 6 nitrogen and oxygen atoms in total. The lowest BCUT2D eigenvalue weighted by molar-refractivity contribution is -0.121. The van der Waals surface area contributed by atoms with E-state index < -0.39 is 0 Å². The van der Waals surface area contributed by atoms with Gasteiger partial charge in [0, 0.05) is 19.6 Å². The van der Waals surface area contributed by atoms with Crippen LogP contribution in [0.5, 0.6) is 0 Å². The average Bonchev–Trinajstić information content (AvgIpc) is 3.13. The van der Waals surface area contributed by atoms with Crippen molar-refractivity contribution >= 4 is 33.4 Å². The highest BCUT2D eigenvalue weighted by Gasteiger charge is 2.18. The zero-order valence-corrected chi connectivity index (χ0v) is 15.8. The van der Waals surface area contributed by atoms with Gasteiger partial charge < -0.3 is 10.2 Å².